The standard InChI is InChI=1S/C21H23N3O5S/c1-14-19(25)24(3)18-11-10-16(12-17(18)22-14)30(27,28)23-21(2,20(26)29-4)13-15-8-6-5-7-9-15/h5-12,23H,13H2,1-4H3/t21-/m1/s1. The normalized spacial score (nSPS) is 13.7. The van der Waals surface area contributed by atoms with Gasteiger partial charge < -0.3 is 9.30 Å². The van der Waals surface area contributed by atoms with E-state index in [4.69, 9.17) is 4.74 Å². The summed E-state index contributed by atoms with van der Waals surface area (Å²) in [6, 6.07) is 13.3. The number of methoxy groups -OCH3 is 1. The fraction of sp³-hybridized carbons (Fsp3) is 0.286. The van der Waals surface area contributed by atoms with Crippen LogP contribution >= 0.6 is 0 Å². The Morgan fingerprint density at radius 3 is 2.50 bits per heavy atom. The fourth-order valence-corrected chi connectivity index (χ4v) is 4.74. The van der Waals surface area contributed by atoms with Crippen LogP contribution in [0.25, 0.3) is 11.0 Å². The molecule has 0 saturated heterocycles. The van der Waals surface area contributed by atoms with Crippen molar-refractivity contribution in [2.24, 2.45) is 7.05 Å². The monoisotopic (exact) mass is 429 g/mol. The summed E-state index contributed by atoms with van der Waals surface area (Å²) in [5.41, 5.74) is 0.133. The van der Waals surface area contributed by atoms with Crippen LogP contribution in [0.15, 0.2) is 58.2 Å². The van der Waals surface area contributed by atoms with Gasteiger partial charge in [0.25, 0.3) is 5.56 Å². The zero-order valence-electron chi connectivity index (χ0n) is 17.2. The van der Waals surface area contributed by atoms with Gasteiger partial charge in [-0.15, -0.1) is 0 Å². The molecule has 3 rings (SSSR count). The number of rotatable bonds is 6. The third-order valence-corrected chi connectivity index (χ3v) is 6.51. The summed E-state index contributed by atoms with van der Waals surface area (Å²) >= 11 is 0. The van der Waals surface area contributed by atoms with Crippen LogP contribution in [0.1, 0.15) is 18.2 Å². The van der Waals surface area contributed by atoms with Crippen LogP contribution in [-0.4, -0.2) is 36.6 Å². The largest absolute Gasteiger partial charge is 0.468 e. The number of nitrogens with one attached hydrogen (secondary N) is 1. The molecule has 0 radical (unpaired) electrons. The van der Waals surface area contributed by atoms with Gasteiger partial charge in [-0.05, 0) is 37.6 Å². The van der Waals surface area contributed by atoms with E-state index in [1.807, 2.05) is 18.2 Å². The lowest BCUT2D eigenvalue weighted by Crippen LogP contribution is -2.54. The highest BCUT2D eigenvalue weighted by Crippen LogP contribution is 2.22. The van der Waals surface area contributed by atoms with Crippen molar-refractivity contribution in [2.45, 2.75) is 30.7 Å². The van der Waals surface area contributed by atoms with Gasteiger partial charge in [-0.2, -0.15) is 4.72 Å². The summed E-state index contributed by atoms with van der Waals surface area (Å²) in [6.07, 6.45) is 0.110. The molecule has 0 bridgehead atoms. The minimum Gasteiger partial charge on any atom is -0.468 e. The van der Waals surface area contributed by atoms with Gasteiger partial charge in [0, 0.05) is 13.5 Å². The maximum absolute atomic E-state index is 13.1. The summed E-state index contributed by atoms with van der Waals surface area (Å²) in [4.78, 5) is 28.7. The summed E-state index contributed by atoms with van der Waals surface area (Å²) in [6.45, 7) is 3.05. The minimum atomic E-state index is -4.10. The first kappa shape index (κ1) is 21.7. The van der Waals surface area contributed by atoms with Crippen LogP contribution in [-0.2, 0) is 33.0 Å². The third-order valence-electron chi connectivity index (χ3n) is 4.92. The molecule has 9 heteroatoms. The molecule has 1 heterocycles. The molecule has 1 atom stereocenters. The molecular formula is C21H23N3O5S. The van der Waals surface area contributed by atoms with Gasteiger partial charge in [-0.3, -0.25) is 9.59 Å². The quantitative estimate of drug-likeness (QED) is 0.598. The molecule has 2 aromatic carbocycles. The van der Waals surface area contributed by atoms with Crippen LogP contribution in [0.5, 0.6) is 0 Å². The summed E-state index contributed by atoms with van der Waals surface area (Å²) in [5.74, 6) is -0.702. The second-order valence-electron chi connectivity index (χ2n) is 7.30. The number of hydrogen-bond donors (Lipinski definition) is 1. The topological polar surface area (TPSA) is 107 Å². The number of aryl methyl sites for hydroxylation is 2. The molecule has 1 aromatic heterocycles. The van der Waals surface area contributed by atoms with E-state index in [1.54, 1.807) is 26.1 Å². The molecule has 8 nitrogen and oxygen atoms in total. The van der Waals surface area contributed by atoms with Crippen molar-refractivity contribution in [3.63, 3.8) is 0 Å². The maximum Gasteiger partial charge on any atom is 0.327 e. The Kier molecular flexibility index (Phi) is 5.78. The van der Waals surface area contributed by atoms with Crippen molar-refractivity contribution in [2.75, 3.05) is 7.11 Å². The maximum atomic E-state index is 13.1. The number of esters is 1. The molecule has 30 heavy (non-hydrogen) atoms. The lowest BCUT2D eigenvalue weighted by atomic mass is 9.94. The van der Waals surface area contributed by atoms with Crippen molar-refractivity contribution in [1.82, 2.24) is 14.3 Å². The molecule has 0 aliphatic carbocycles. The smallest absolute Gasteiger partial charge is 0.327 e. The first-order valence-corrected chi connectivity index (χ1v) is 10.7. The molecule has 0 aliphatic heterocycles. The second kappa shape index (κ2) is 8.00. The number of fused-ring (bicyclic) bond motifs is 1. The highest BCUT2D eigenvalue weighted by Gasteiger charge is 2.39. The Labute approximate surface area is 174 Å². The molecule has 0 aliphatic rings. The second-order valence-corrected chi connectivity index (χ2v) is 8.99. The summed E-state index contributed by atoms with van der Waals surface area (Å²) in [7, 11) is -1.29. The van der Waals surface area contributed by atoms with E-state index in [0.29, 0.717) is 11.0 Å². The number of hydrogen-bond acceptors (Lipinski definition) is 6. The molecule has 0 spiro atoms. The molecule has 0 saturated carbocycles. The van der Waals surface area contributed by atoms with Gasteiger partial charge in [-0.1, -0.05) is 30.3 Å². The first-order valence-electron chi connectivity index (χ1n) is 9.21. The van der Waals surface area contributed by atoms with Crippen molar-refractivity contribution in [1.29, 1.82) is 0 Å². The van der Waals surface area contributed by atoms with Crippen LogP contribution < -0.4 is 10.3 Å². The van der Waals surface area contributed by atoms with Crippen molar-refractivity contribution < 1.29 is 17.9 Å². The van der Waals surface area contributed by atoms with Gasteiger partial charge in [-0.25, -0.2) is 13.4 Å². The van der Waals surface area contributed by atoms with E-state index in [1.165, 1.54) is 36.8 Å². The number of ether oxygens (including phenoxy) is 1. The molecule has 0 fully saturated rings. The van der Waals surface area contributed by atoms with Gasteiger partial charge in [0.2, 0.25) is 10.0 Å². The zero-order valence-corrected chi connectivity index (χ0v) is 18.0. The van der Waals surface area contributed by atoms with E-state index in [-0.39, 0.29) is 22.6 Å². The van der Waals surface area contributed by atoms with Crippen LogP contribution in [0, 0.1) is 6.92 Å². The molecule has 0 unspecified atom stereocenters. The van der Waals surface area contributed by atoms with Crippen molar-refractivity contribution in [3.05, 3.63) is 70.1 Å². The van der Waals surface area contributed by atoms with Gasteiger partial charge in [0.15, 0.2) is 0 Å². The van der Waals surface area contributed by atoms with Crippen molar-refractivity contribution in [3.8, 4) is 0 Å². The van der Waals surface area contributed by atoms with Gasteiger partial charge >= 0.3 is 5.97 Å². The van der Waals surface area contributed by atoms with Gasteiger partial charge in [0.1, 0.15) is 11.2 Å². The zero-order chi connectivity index (χ0) is 22.1. The SMILES string of the molecule is COC(=O)[C@@](C)(Cc1ccccc1)NS(=O)(=O)c1ccc2c(c1)nc(C)c(=O)n2C. The Balaban J connectivity index is 2.03. The fourth-order valence-electron chi connectivity index (χ4n) is 3.36. The molecule has 3 aromatic rings. The summed E-state index contributed by atoms with van der Waals surface area (Å²) < 4.78 is 35.0. The highest BCUT2D eigenvalue weighted by atomic mass is 32.2. The molecule has 1 N–H and O–H groups in total. The predicted molar refractivity (Wildman–Crippen MR) is 113 cm³/mol. The van der Waals surface area contributed by atoms with Crippen molar-refractivity contribution >= 4 is 27.0 Å². The Hall–Kier alpha value is -3.04. The van der Waals surface area contributed by atoms with E-state index >= 15 is 0 Å². The third kappa shape index (κ3) is 4.12. The predicted octanol–water partition coefficient (Wildman–Crippen LogP) is 1.69. The van der Waals surface area contributed by atoms with Gasteiger partial charge in [0.05, 0.1) is 23.0 Å². The average Bonchev–Trinajstić information content (AvgIpc) is 2.71. The number of benzene rings is 2. The first-order chi connectivity index (χ1) is 14.1. The Morgan fingerprint density at radius 2 is 1.87 bits per heavy atom. The average molecular weight is 429 g/mol. The van der Waals surface area contributed by atoms with Crippen LogP contribution in [0.3, 0.4) is 0 Å². The number of carbonyl (C=O) groups is 1. The Bertz CT molecular complexity index is 1270. The minimum absolute atomic E-state index is 0.0660. The number of sulfonamides is 1. The highest BCUT2D eigenvalue weighted by molar-refractivity contribution is 7.89. The molecular weight excluding hydrogens is 406 g/mol. The number of aromatic nitrogens is 2. The number of carbonyl (C=O) groups excluding carboxylic acids is 1. The van der Waals surface area contributed by atoms with E-state index in [0.717, 1.165) is 5.56 Å². The Morgan fingerprint density at radius 1 is 1.20 bits per heavy atom. The van der Waals surface area contributed by atoms with Crippen LogP contribution in [0.4, 0.5) is 0 Å². The molecule has 158 valence electrons. The lowest BCUT2D eigenvalue weighted by Gasteiger charge is -2.28. The van der Waals surface area contributed by atoms with E-state index < -0.39 is 21.5 Å². The molecule has 0 amide bonds. The van der Waals surface area contributed by atoms with Crippen LogP contribution in [0.2, 0.25) is 0 Å². The lowest BCUT2D eigenvalue weighted by molar-refractivity contribution is -0.147. The van der Waals surface area contributed by atoms with E-state index in [2.05, 4.69) is 9.71 Å². The van der Waals surface area contributed by atoms with E-state index in [9.17, 15) is 18.0 Å². The summed E-state index contributed by atoms with van der Waals surface area (Å²) in [5, 5.41) is 0. The number of nitrogens with zero attached hydrogens (tertiary/aromatic N) is 2.